The Morgan fingerprint density at radius 1 is 0.744 bits per heavy atom. The highest BCUT2D eigenvalue weighted by atomic mass is 16.3. The van der Waals surface area contributed by atoms with E-state index in [-0.39, 0.29) is 17.0 Å². The van der Waals surface area contributed by atoms with E-state index in [1.54, 1.807) is 0 Å². The van der Waals surface area contributed by atoms with Gasteiger partial charge in [-0.1, -0.05) is 71.4 Å². The van der Waals surface area contributed by atoms with Gasteiger partial charge >= 0.3 is 0 Å². The number of phenols is 1. The van der Waals surface area contributed by atoms with Gasteiger partial charge in [-0.05, 0) is 47.4 Å². The van der Waals surface area contributed by atoms with Crippen molar-refractivity contribution in [3.05, 3.63) is 76.3 Å². The van der Waals surface area contributed by atoms with Crippen LogP contribution in [0.2, 0.25) is 0 Å². The zero-order valence-electron chi connectivity index (χ0n) is 24.3. The first kappa shape index (κ1) is 27.3. The van der Waals surface area contributed by atoms with Crippen LogP contribution in [-0.4, -0.2) is 70.6 Å². The third-order valence-electron chi connectivity index (χ3n) is 8.60. The van der Waals surface area contributed by atoms with Gasteiger partial charge in [0.2, 0.25) is 11.6 Å². The van der Waals surface area contributed by atoms with E-state index in [4.69, 9.17) is 0 Å². The number of ketones is 2. The molecular formula is C33H43N3O3. The highest BCUT2D eigenvalue weighted by molar-refractivity contribution is 6.22. The normalized spacial score (nSPS) is 24.1. The van der Waals surface area contributed by atoms with Crippen LogP contribution in [0.3, 0.4) is 0 Å². The minimum atomic E-state index is 0.00546. The fourth-order valence-electron chi connectivity index (χ4n) is 5.63. The topological polar surface area (TPSA) is 63.4 Å². The number of nitrogens with zero attached hydrogens (tertiary/aromatic N) is 3. The molecular weight excluding hydrogens is 486 g/mol. The minimum absolute atomic E-state index is 0.00546. The molecule has 1 aromatic carbocycles. The van der Waals surface area contributed by atoms with E-state index < -0.39 is 0 Å². The standard InChI is InChI=1S/C21H30O.C12H13N3O2/c1-14(2)17-11-18(15(3)4)13-21(12-17,16(5)6)19-7-9-20(22)10-8-19;16-9-7-8(13-1-2-13)12(17)11(15-5-6-15)10(9)14-3-4-14/h7-12,14-16,22H,13H2,1-6H3;7H,1-6H2. The van der Waals surface area contributed by atoms with E-state index >= 15 is 0 Å². The Balaban J connectivity index is 0.000000162. The van der Waals surface area contributed by atoms with Gasteiger partial charge in [0.1, 0.15) is 17.1 Å². The van der Waals surface area contributed by atoms with E-state index in [0.717, 1.165) is 45.7 Å². The Morgan fingerprint density at radius 3 is 1.79 bits per heavy atom. The molecule has 0 bridgehead atoms. The molecule has 6 rings (SSSR count). The Labute approximate surface area is 233 Å². The third-order valence-corrected chi connectivity index (χ3v) is 8.60. The first-order chi connectivity index (χ1) is 18.5. The predicted octanol–water partition coefficient (Wildman–Crippen LogP) is 5.04. The lowest BCUT2D eigenvalue weighted by molar-refractivity contribution is -0.117. The summed E-state index contributed by atoms with van der Waals surface area (Å²) < 4.78 is 0. The number of rotatable bonds is 7. The van der Waals surface area contributed by atoms with Crippen molar-refractivity contribution < 1.29 is 14.7 Å². The largest absolute Gasteiger partial charge is 0.508 e. The quantitative estimate of drug-likeness (QED) is 0.395. The molecule has 1 atom stereocenters. The highest BCUT2D eigenvalue weighted by Crippen LogP contribution is 2.46. The second-order valence-electron chi connectivity index (χ2n) is 12.5. The number of carbonyl (C=O) groups is 2. The summed E-state index contributed by atoms with van der Waals surface area (Å²) in [5, 5.41) is 9.63. The Hall–Kier alpha value is -3.28. The number of aromatic hydroxyl groups is 1. The maximum atomic E-state index is 12.4. The minimum Gasteiger partial charge on any atom is -0.508 e. The SMILES string of the molecule is CC(C)C1=CC(c2ccc(O)cc2)(C(C)C)CC(C(C)C)=C1.O=C1C=C(N2CC2)C(=O)C(N2CC2)=C1N1CC1. The lowest BCUT2D eigenvalue weighted by Gasteiger charge is -2.41. The summed E-state index contributed by atoms with van der Waals surface area (Å²) in [6.45, 7) is 19.1. The van der Waals surface area contributed by atoms with Crippen LogP contribution in [0.1, 0.15) is 53.5 Å². The van der Waals surface area contributed by atoms with Gasteiger partial charge in [-0.3, -0.25) is 9.59 Å². The fourth-order valence-corrected chi connectivity index (χ4v) is 5.63. The second kappa shape index (κ2) is 10.4. The van der Waals surface area contributed by atoms with Crippen LogP contribution in [0.5, 0.6) is 5.75 Å². The van der Waals surface area contributed by atoms with Crippen LogP contribution in [0.25, 0.3) is 0 Å². The summed E-state index contributed by atoms with van der Waals surface area (Å²) in [6.07, 6.45) is 7.50. The zero-order valence-corrected chi connectivity index (χ0v) is 24.3. The van der Waals surface area contributed by atoms with E-state index in [1.807, 2.05) is 26.8 Å². The van der Waals surface area contributed by atoms with Gasteiger partial charge < -0.3 is 19.8 Å². The summed E-state index contributed by atoms with van der Waals surface area (Å²) in [5.41, 5.74) is 6.20. The molecule has 1 unspecified atom stereocenters. The van der Waals surface area contributed by atoms with Crippen molar-refractivity contribution in [3.63, 3.8) is 0 Å². The van der Waals surface area contributed by atoms with E-state index in [0.29, 0.717) is 40.6 Å². The molecule has 0 aromatic heterocycles. The van der Waals surface area contributed by atoms with Gasteiger partial charge in [-0.15, -0.1) is 0 Å². The molecule has 1 aromatic rings. The maximum absolute atomic E-state index is 12.4. The first-order valence-corrected chi connectivity index (χ1v) is 14.5. The summed E-state index contributed by atoms with van der Waals surface area (Å²) in [7, 11) is 0. The van der Waals surface area contributed by atoms with Crippen molar-refractivity contribution in [2.45, 2.75) is 53.4 Å². The molecule has 3 saturated heterocycles. The smallest absolute Gasteiger partial charge is 0.227 e. The summed E-state index contributed by atoms with van der Waals surface area (Å²) in [4.78, 5) is 30.5. The average Bonchev–Trinajstić information content (AvgIpc) is 3.75. The Kier molecular flexibility index (Phi) is 7.25. The van der Waals surface area contributed by atoms with Gasteiger partial charge in [0.05, 0.1) is 5.70 Å². The lowest BCUT2D eigenvalue weighted by atomic mass is 9.63. The Bertz CT molecular complexity index is 1270. The van der Waals surface area contributed by atoms with Gasteiger partial charge in [0, 0.05) is 50.8 Å². The van der Waals surface area contributed by atoms with Crippen molar-refractivity contribution >= 4 is 11.6 Å². The van der Waals surface area contributed by atoms with Crippen LogP contribution < -0.4 is 0 Å². The summed E-state index contributed by atoms with van der Waals surface area (Å²) in [5.74, 6) is 1.99. The average molecular weight is 530 g/mol. The number of hydrogen-bond donors (Lipinski definition) is 1. The maximum Gasteiger partial charge on any atom is 0.227 e. The number of phenolic OH excluding ortho intramolecular Hbond substituents is 1. The van der Waals surface area contributed by atoms with Crippen LogP contribution in [-0.2, 0) is 15.0 Å². The van der Waals surface area contributed by atoms with Crippen LogP contribution in [0, 0.1) is 17.8 Å². The van der Waals surface area contributed by atoms with Gasteiger partial charge in [0.25, 0.3) is 0 Å². The molecule has 3 fully saturated rings. The van der Waals surface area contributed by atoms with E-state index in [1.165, 1.54) is 22.8 Å². The molecule has 3 heterocycles. The zero-order chi connectivity index (χ0) is 28.1. The second-order valence-corrected chi connectivity index (χ2v) is 12.5. The summed E-state index contributed by atoms with van der Waals surface area (Å²) >= 11 is 0. The van der Waals surface area contributed by atoms with Crippen molar-refractivity contribution in [1.82, 2.24) is 14.7 Å². The van der Waals surface area contributed by atoms with Crippen LogP contribution in [0.4, 0.5) is 0 Å². The van der Waals surface area contributed by atoms with Crippen LogP contribution >= 0.6 is 0 Å². The lowest BCUT2D eigenvalue weighted by Crippen LogP contribution is -2.34. The number of benzene rings is 1. The highest BCUT2D eigenvalue weighted by Gasteiger charge is 2.43. The van der Waals surface area contributed by atoms with E-state index in [2.05, 4.69) is 65.8 Å². The molecule has 3 aliphatic heterocycles. The molecule has 0 saturated carbocycles. The number of allylic oxidation sites excluding steroid dienone is 5. The molecule has 1 N–H and O–H groups in total. The van der Waals surface area contributed by atoms with Crippen molar-refractivity contribution in [1.29, 1.82) is 0 Å². The summed E-state index contributed by atoms with van der Waals surface area (Å²) in [6, 6.07) is 7.81. The van der Waals surface area contributed by atoms with Crippen molar-refractivity contribution in [3.8, 4) is 5.75 Å². The first-order valence-electron chi connectivity index (χ1n) is 14.5. The van der Waals surface area contributed by atoms with E-state index in [9.17, 15) is 14.7 Å². The van der Waals surface area contributed by atoms with Crippen LogP contribution in [0.15, 0.2) is 70.7 Å². The van der Waals surface area contributed by atoms with Crippen molar-refractivity contribution in [2.75, 3.05) is 39.3 Å². The molecule has 5 aliphatic rings. The monoisotopic (exact) mass is 529 g/mol. The molecule has 6 heteroatoms. The molecule has 208 valence electrons. The molecule has 2 aliphatic carbocycles. The fraction of sp³-hybridized carbons (Fsp3) is 0.515. The molecule has 0 spiro atoms. The van der Waals surface area contributed by atoms with Gasteiger partial charge in [0.15, 0.2) is 0 Å². The van der Waals surface area contributed by atoms with Gasteiger partial charge in [-0.2, -0.15) is 0 Å². The number of carbonyl (C=O) groups excluding carboxylic acids is 2. The molecule has 39 heavy (non-hydrogen) atoms. The molecule has 0 radical (unpaired) electrons. The third kappa shape index (κ3) is 5.57. The number of hydrogen-bond acceptors (Lipinski definition) is 6. The molecule has 0 amide bonds. The van der Waals surface area contributed by atoms with Gasteiger partial charge in [-0.25, -0.2) is 0 Å². The predicted molar refractivity (Wildman–Crippen MR) is 155 cm³/mol. The van der Waals surface area contributed by atoms with Crippen molar-refractivity contribution in [2.24, 2.45) is 17.8 Å². The number of Topliss-reactive ketones (excluding diaryl/α,β-unsaturated/α-hetero) is 1. The molecule has 6 nitrogen and oxygen atoms in total. The Morgan fingerprint density at radius 2 is 1.31 bits per heavy atom.